The van der Waals surface area contributed by atoms with E-state index in [9.17, 15) is 13.9 Å². The number of hydrogen-bond acceptors (Lipinski definition) is 2. The molecule has 106 valence electrons. The Labute approximate surface area is 112 Å². The third-order valence-electron chi connectivity index (χ3n) is 3.93. The van der Waals surface area contributed by atoms with Crippen molar-refractivity contribution in [3.05, 3.63) is 29.8 Å². The average molecular weight is 270 g/mol. The SMILES string of the molecule is COc1ccccc1CC(O)C1CCC(F)(F)CC1. The Kier molecular flexibility index (Phi) is 4.40. The molecule has 1 unspecified atom stereocenters. The van der Waals surface area contributed by atoms with E-state index in [0.29, 0.717) is 19.3 Å². The van der Waals surface area contributed by atoms with Gasteiger partial charge in [-0.2, -0.15) is 0 Å². The highest BCUT2D eigenvalue weighted by Crippen LogP contribution is 2.38. The van der Waals surface area contributed by atoms with Crippen molar-refractivity contribution in [3.63, 3.8) is 0 Å². The maximum Gasteiger partial charge on any atom is 0.248 e. The van der Waals surface area contributed by atoms with Crippen LogP contribution < -0.4 is 4.74 Å². The van der Waals surface area contributed by atoms with Crippen LogP contribution in [0.25, 0.3) is 0 Å². The Balaban J connectivity index is 1.96. The molecule has 0 heterocycles. The Bertz CT molecular complexity index is 410. The van der Waals surface area contributed by atoms with Crippen LogP contribution in [0.15, 0.2) is 24.3 Å². The van der Waals surface area contributed by atoms with Crippen LogP contribution in [0.2, 0.25) is 0 Å². The van der Waals surface area contributed by atoms with Gasteiger partial charge in [0.15, 0.2) is 0 Å². The van der Waals surface area contributed by atoms with Crippen LogP contribution in [0.4, 0.5) is 8.78 Å². The van der Waals surface area contributed by atoms with Gasteiger partial charge in [0.2, 0.25) is 5.92 Å². The third-order valence-corrected chi connectivity index (χ3v) is 3.93. The zero-order chi connectivity index (χ0) is 13.9. The summed E-state index contributed by atoms with van der Waals surface area (Å²) >= 11 is 0. The molecule has 19 heavy (non-hydrogen) atoms. The standard InChI is InChI=1S/C15H20F2O2/c1-19-14-5-3-2-4-12(14)10-13(18)11-6-8-15(16,17)9-7-11/h2-5,11,13,18H,6-10H2,1H3. The topological polar surface area (TPSA) is 29.5 Å². The maximum absolute atomic E-state index is 13.1. The molecule has 1 N–H and O–H groups in total. The summed E-state index contributed by atoms with van der Waals surface area (Å²) < 4.78 is 31.4. The van der Waals surface area contributed by atoms with Crippen molar-refractivity contribution in [1.29, 1.82) is 0 Å². The van der Waals surface area contributed by atoms with Crippen LogP contribution in [0, 0.1) is 5.92 Å². The van der Waals surface area contributed by atoms with Gasteiger partial charge in [-0.3, -0.25) is 0 Å². The normalized spacial score (nSPS) is 21.1. The maximum atomic E-state index is 13.1. The van der Waals surface area contributed by atoms with Crippen molar-refractivity contribution in [2.24, 2.45) is 5.92 Å². The van der Waals surface area contributed by atoms with Crippen LogP contribution in [0.5, 0.6) is 5.75 Å². The molecule has 4 heteroatoms. The molecule has 0 aliphatic heterocycles. The Hall–Kier alpha value is -1.16. The molecule has 1 aromatic rings. The van der Waals surface area contributed by atoms with Gasteiger partial charge in [-0.05, 0) is 30.4 Å². The lowest BCUT2D eigenvalue weighted by Gasteiger charge is -2.31. The molecule has 0 saturated heterocycles. The fourth-order valence-corrected chi connectivity index (χ4v) is 2.71. The van der Waals surface area contributed by atoms with Gasteiger partial charge >= 0.3 is 0 Å². The van der Waals surface area contributed by atoms with Gasteiger partial charge in [0, 0.05) is 19.3 Å². The minimum Gasteiger partial charge on any atom is -0.496 e. The summed E-state index contributed by atoms with van der Waals surface area (Å²) in [6.07, 6.45) is 0.446. The Morgan fingerprint density at radius 2 is 1.95 bits per heavy atom. The van der Waals surface area contributed by atoms with Crippen molar-refractivity contribution in [2.45, 2.75) is 44.1 Å². The number of rotatable bonds is 4. The molecular weight excluding hydrogens is 250 g/mol. The highest BCUT2D eigenvalue weighted by molar-refractivity contribution is 5.33. The first-order valence-electron chi connectivity index (χ1n) is 6.69. The fourth-order valence-electron chi connectivity index (χ4n) is 2.71. The van der Waals surface area contributed by atoms with Crippen molar-refractivity contribution in [1.82, 2.24) is 0 Å². The predicted molar refractivity (Wildman–Crippen MR) is 69.6 cm³/mol. The molecule has 2 rings (SSSR count). The zero-order valence-electron chi connectivity index (χ0n) is 11.1. The van der Waals surface area contributed by atoms with Crippen LogP contribution in [0.1, 0.15) is 31.2 Å². The zero-order valence-corrected chi connectivity index (χ0v) is 11.1. The summed E-state index contributed by atoms with van der Waals surface area (Å²) in [6.45, 7) is 0. The van der Waals surface area contributed by atoms with Crippen LogP contribution in [0.3, 0.4) is 0 Å². The number of hydrogen-bond donors (Lipinski definition) is 1. The number of ether oxygens (including phenoxy) is 1. The lowest BCUT2D eigenvalue weighted by Crippen LogP contribution is -2.32. The van der Waals surface area contributed by atoms with Crippen LogP contribution in [-0.2, 0) is 6.42 Å². The lowest BCUT2D eigenvalue weighted by atomic mass is 9.81. The van der Waals surface area contributed by atoms with Gasteiger partial charge in [-0.15, -0.1) is 0 Å². The van der Waals surface area contributed by atoms with E-state index in [4.69, 9.17) is 4.74 Å². The average Bonchev–Trinajstić information content (AvgIpc) is 2.39. The van der Waals surface area contributed by atoms with Gasteiger partial charge in [-0.1, -0.05) is 18.2 Å². The highest BCUT2D eigenvalue weighted by Gasteiger charge is 2.37. The number of methoxy groups -OCH3 is 1. The summed E-state index contributed by atoms with van der Waals surface area (Å²) in [5.74, 6) is -1.84. The van der Waals surface area contributed by atoms with Gasteiger partial charge in [0.05, 0.1) is 13.2 Å². The molecule has 0 amide bonds. The molecule has 0 aromatic heterocycles. The minimum atomic E-state index is -2.54. The number of halogens is 2. The van der Waals surface area contributed by atoms with Crippen molar-refractivity contribution in [3.8, 4) is 5.75 Å². The molecule has 0 spiro atoms. The first kappa shape index (κ1) is 14.3. The van der Waals surface area contributed by atoms with E-state index >= 15 is 0 Å². The Morgan fingerprint density at radius 1 is 1.32 bits per heavy atom. The van der Waals surface area contributed by atoms with E-state index in [2.05, 4.69) is 0 Å². The van der Waals surface area contributed by atoms with Crippen molar-refractivity contribution in [2.75, 3.05) is 7.11 Å². The third kappa shape index (κ3) is 3.66. The first-order valence-corrected chi connectivity index (χ1v) is 6.69. The van der Waals surface area contributed by atoms with E-state index in [1.54, 1.807) is 7.11 Å². The summed E-state index contributed by atoms with van der Waals surface area (Å²) in [7, 11) is 1.59. The molecule has 1 saturated carbocycles. The second-order valence-corrected chi connectivity index (χ2v) is 5.28. The largest absolute Gasteiger partial charge is 0.496 e. The van der Waals surface area contributed by atoms with Gasteiger partial charge < -0.3 is 9.84 Å². The molecular formula is C15H20F2O2. The molecule has 1 aliphatic carbocycles. The number of para-hydroxylation sites is 1. The van der Waals surface area contributed by atoms with Crippen LogP contribution >= 0.6 is 0 Å². The monoisotopic (exact) mass is 270 g/mol. The number of alkyl halides is 2. The molecule has 0 radical (unpaired) electrons. The second kappa shape index (κ2) is 5.87. The molecule has 1 fully saturated rings. The number of aliphatic hydroxyl groups is 1. The Morgan fingerprint density at radius 3 is 2.58 bits per heavy atom. The smallest absolute Gasteiger partial charge is 0.248 e. The van der Waals surface area contributed by atoms with E-state index < -0.39 is 12.0 Å². The quantitative estimate of drug-likeness (QED) is 0.908. The molecule has 1 aromatic carbocycles. The van der Waals surface area contributed by atoms with E-state index in [-0.39, 0.29) is 18.8 Å². The minimum absolute atomic E-state index is 0.0375. The van der Waals surface area contributed by atoms with Crippen LogP contribution in [-0.4, -0.2) is 24.2 Å². The molecule has 1 aliphatic rings. The fraction of sp³-hybridized carbons (Fsp3) is 0.600. The van der Waals surface area contributed by atoms with Crippen molar-refractivity contribution >= 4 is 0 Å². The predicted octanol–water partition coefficient (Wildman–Crippen LogP) is 3.42. The van der Waals surface area contributed by atoms with Gasteiger partial charge in [0.1, 0.15) is 5.75 Å². The van der Waals surface area contributed by atoms with Crippen molar-refractivity contribution < 1.29 is 18.6 Å². The van der Waals surface area contributed by atoms with Gasteiger partial charge in [-0.25, -0.2) is 8.78 Å². The van der Waals surface area contributed by atoms with Gasteiger partial charge in [0.25, 0.3) is 0 Å². The van der Waals surface area contributed by atoms with E-state index in [1.165, 1.54) is 0 Å². The summed E-state index contributed by atoms with van der Waals surface area (Å²) in [6, 6.07) is 7.51. The number of aliphatic hydroxyl groups excluding tert-OH is 1. The second-order valence-electron chi connectivity index (χ2n) is 5.28. The summed E-state index contributed by atoms with van der Waals surface area (Å²) in [4.78, 5) is 0. The molecule has 1 atom stereocenters. The first-order chi connectivity index (χ1) is 9.02. The number of benzene rings is 1. The summed E-state index contributed by atoms with van der Waals surface area (Å²) in [5, 5.41) is 10.2. The molecule has 2 nitrogen and oxygen atoms in total. The van der Waals surface area contributed by atoms with E-state index in [0.717, 1.165) is 11.3 Å². The molecule has 0 bridgehead atoms. The highest BCUT2D eigenvalue weighted by atomic mass is 19.3. The summed E-state index contributed by atoms with van der Waals surface area (Å²) in [5.41, 5.74) is 0.926. The lowest BCUT2D eigenvalue weighted by molar-refractivity contribution is -0.0619. The van der Waals surface area contributed by atoms with E-state index in [1.807, 2.05) is 24.3 Å².